The number of rotatable bonds is 7. The molecule has 0 aromatic heterocycles. The number of morpholine rings is 1. The standard InChI is InChI=1S/C15H22N2O5/c1-20-13-5-6-14(21-2)15(17(18)19)12(13)4-3-7-16-8-10-22-11-9-16/h5-6H,3-4,7-11H2,1-2H3. The number of hydrogen-bond acceptors (Lipinski definition) is 6. The van der Waals surface area contributed by atoms with Gasteiger partial charge in [0, 0.05) is 13.1 Å². The molecule has 7 nitrogen and oxygen atoms in total. The number of benzene rings is 1. The van der Waals surface area contributed by atoms with E-state index >= 15 is 0 Å². The molecule has 1 saturated heterocycles. The summed E-state index contributed by atoms with van der Waals surface area (Å²) in [5, 5.41) is 11.4. The molecule has 0 unspecified atom stereocenters. The molecular weight excluding hydrogens is 288 g/mol. The summed E-state index contributed by atoms with van der Waals surface area (Å²) in [4.78, 5) is 13.3. The average molecular weight is 310 g/mol. The van der Waals surface area contributed by atoms with Crippen molar-refractivity contribution in [3.63, 3.8) is 0 Å². The number of ether oxygens (including phenoxy) is 3. The molecular formula is C15H22N2O5. The van der Waals surface area contributed by atoms with Crippen LogP contribution in [0.2, 0.25) is 0 Å². The van der Waals surface area contributed by atoms with E-state index in [1.165, 1.54) is 14.2 Å². The predicted molar refractivity (Wildman–Crippen MR) is 81.8 cm³/mol. The highest BCUT2D eigenvalue weighted by atomic mass is 16.6. The monoisotopic (exact) mass is 310 g/mol. The molecule has 0 radical (unpaired) electrons. The number of nitro groups is 1. The van der Waals surface area contributed by atoms with Crippen molar-refractivity contribution in [1.29, 1.82) is 0 Å². The summed E-state index contributed by atoms with van der Waals surface area (Å²) in [7, 11) is 2.96. The molecule has 0 aliphatic carbocycles. The summed E-state index contributed by atoms with van der Waals surface area (Å²) in [6.45, 7) is 4.22. The van der Waals surface area contributed by atoms with E-state index in [1.807, 2.05) is 0 Å². The van der Waals surface area contributed by atoms with Crippen molar-refractivity contribution in [3.8, 4) is 11.5 Å². The van der Waals surface area contributed by atoms with Crippen molar-refractivity contribution in [2.75, 3.05) is 47.1 Å². The first kappa shape index (κ1) is 16.5. The molecule has 1 fully saturated rings. The third kappa shape index (κ3) is 3.86. The van der Waals surface area contributed by atoms with Crippen molar-refractivity contribution in [3.05, 3.63) is 27.8 Å². The summed E-state index contributed by atoms with van der Waals surface area (Å²) in [5.74, 6) is 0.807. The molecule has 0 bridgehead atoms. The first-order valence-electron chi connectivity index (χ1n) is 7.35. The molecule has 0 spiro atoms. The van der Waals surface area contributed by atoms with Crippen molar-refractivity contribution in [2.24, 2.45) is 0 Å². The molecule has 1 aliphatic heterocycles. The normalized spacial score (nSPS) is 15.5. The quantitative estimate of drug-likeness (QED) is 0.565. The summed E-state index contributed by atoms with van der Waals surface area (Å²) in [6.07, 6.45) is 1.40. The largest absolute Gasteiger partial charge is 0.496 e. The van der Waals surface area contributed by atoms with Crippen LogP contribution in [0, 0.1) is 10.1 Å². The van der Waals surface area contributed by atoms with E-state index in [0.717, 1.165) is 39.3 Å². The second-order valence-electron chi connectivity index (χ2n) is 5.11. The van der Waals surface area contributed by atoms with Gasteiger partial charge in [-0.05, 0) is 31.5 Å². The Hall–Kier alpha value is -1.86. The molecule has 1 aliphatic rings. The van der Waals surface area contributed by atoms with Crippen LogP contribution in [-0.4, -0.2) is 56.9 Å². The molecule has 7 heteroatoms. The zero-order valence-electron chi connectivity index (χ0n) is 13.0. The van der Waals surface area contributed by atoms with E-state index in [2.05, 4.69) is 4.90 Å². The van der Waals surface area contributed by atoms with E-state index in [-0.39, 0.29) is 11.4 Å². The number of nitro benzene ring substituents is 1. The Morgan fingerprint density at radius 2 is 1.86 bits per heavy atom. The van der Waals surface area contributed by atoms with Crippen LogP contribution in [0.15, 0.2) is 12.1 Å². The van der Waals surface area contributed by atoms with Gasteiger partial charge in [0.25, 0.3) is 0 Å². The minimum Gasteiger partial charge on any atom is -0.496 e. The molecule has 2 rings (SSSR count). The van der Waals surface area contributed by atoms with Gasteiger partial charge in [0.05, 0.1) is 37.9 Å². The number of nitrogens with zero attached hydrogens (tertiary/aromatic N) is 2. The molecule has 1 aromatic carbocycles. The Morgan fingerprint density at radius 3 is 2.45 bits per heavy atom. The van der Waals surface area contributed by atoms with Crippen LogP contribution < -0.4 is 9.47 Å². The average Bonchev–Trinajstić information content (AvgIpc) is 2.54. The third-order valence-electron chi connectivity index (χ3n) is 3.83. The first-order chi connectivity index (χ1) is 10.7. The van der Waals surface area contributed by atoms with Gasteiger partial charge in [-0.2, -0.15) is 0 Å². The van der Waals surface area contributed by atoms with E-state index in [9.17, 15) is 10.1 Å². The second-order valence-corrected chi connectivity index (χ2v) is 5.11. The Labute approximate surface area is 129 Å². The van der Waals surface area contributed by atoms with E-state index < -0.39 is 4.92 Å². The van der Waals surface area contributed by atoms with Crippen LogP contribution in [0.5, 0.6) is 11.5 Å². The fraction of sp³-hybridized carbons (Fsp3) is 0.600. The Balaban J connectivity index is 2.11. The highest BCUT2D eigenvalue weighted by molar-refractivity contribution is 5.59. The molecule has 0 saturated carbocycles. The fourth-order valence-electron chi connectivity index (χ4n) is 2.70. The minimum absolute atomic E-state index is 0.00354. The van der Waals surface area contributed by atoms with Crippen LogP contribution in [0.1, 0.15) is 12.0 Å². The summed E-state index contributed by atoms with van der Waals surface area (Å²) in [6, 6.07) is 3.29. The van der Waals surface area contributed by atoms with E-state index in [4.69, 9.17) is 14.2 Å². The lowest BCUT2D eigenvalue weighted by atomic mass is 10.0. The summed E-state index contributed by atoms with van der Waals surface area (Å²) < 4.78 is 15.7. The van der Waals surface area contributed by atoms with Gasteiger partial charge in [-0.3, -0.25) is 15.0 Å². The highest BCUT2D eigenvalue weighted by Gasteiger charge is 2.24. The molecule has 0 atom stereocenters. The Kier molecular flexibility index (Phi) is 5.97. The lowest BCUT2D eigenvalue weighted by molar-refractivity contribution is -0.386. The SMILES string of the molecule is COc1ccc(OC)c([N+](=O)[O-])c1CCCN1CCOCC1. The number of methoxy groups -OCH3 is 2. The van der Waals surface area contributed by atoms with Gasteiger partial charge in [0.15, 0.2) is 5.75 Å². The van der Waals surface area contributed by atoms with Crippen LogP contribution in [0.4, 0.5) is 5.69 Å². The van der Waals surface area contributed by atoms with Crippen molar-refractivity contribution in [1.82, 2.24) is 4.90 Å². The maximum Gasteiger partial charge on any atom is 0.317 e. The van der Waals surface area contributed by atoms with Gasteiger partial charge in [-0.1, -0.05) is 0 Å². The zero-order chi connectivity index (χ0) is 15.9. The molecule has 22 heavy (non-hydrogen) atoms. The van der Waals surface area contributed by atoms with Crippen LogP contribution in [0.3, 0.4) is 0 Å². The second kappa shape index (κ2) is 7.95. The van der Waals surface area contributed by atoms with Gasteiger partial charge >= 0.3 is 5.69 Å². The van der Waals surface area contributed by atoms with Crippen molar-refractivity contribution < 1.29 is 19.1 Å². The van der Waals surface area contributed by atoms with Crippen LogP contribution >= 0.6 is 0 Å². The van der Waals surface area contributed by atoms with Crippen molar-refractivity contribution >= 4 is 5.69 Å². The smallest absolute Gasteiger partial charge is 0.317 e. The summed E-state index contributed by atoms with van der Waals surface area (Å²) in [5.41, 5.74) is 0.601. The fourth-order valence-corrected chi connectivity index (χ4v) is 2.70. The molecule has 1 heterocycles. The minimum atomic E-state index is -0.397. The van der Waals surface area contributed by atoms with Crippen LogP contribution in [0.25, 0.3) is 0 Å². The van der Waals surface area contributed by atoms with Gasteiger partial charge in [0.2, 0.25) is 0 Å². The Morgan fingerprint density at radius 1 is 1.23 bits per heavy atom. The van der Waals surface area contributed by atoms with Crippen molar-refractivity contribution in [2.45, 2.75) is 12.8 Å². The summed E-state index contributed by atoms with van der Waals surface area (Å²) >= 11 is 0. The van der Waals surface area contributed by atoms with Gasteiger partial charge < -0.3 is 14.2 Å². The molecule has 0 amide bonds. The molecule has 0 N–H and O–H groups in total. The highest BCUT2D eigenvalue weighted by Crippen LogP contribution is 2.37. The van der Waals surface area contributed by atoms with Crippen LogP contribution in [-0.2, 0) is 11.2 Å². The predicted octanol–water partition coefficient (Wildman–Crippen LogP) is 1.88. The van der Waals surface area contributed by atoms with Gasteiger partial charge in [-0.25, -0.2) is 0 Å². The maximum absolute atomic E-state index is 11.4. The number of hydrogen-bond donors (Lipinski definition) is 0. The lowest BCUT2D eigenvalue weighted by Crippen LogP contribution is -2.36. The lowest BCUT2D eigenvalue weighted by Gasteiger charge is -2.26. The molecule has 1 aromatic rings. The Bertz CT molecular complexity index is 515. The van der Waals surface area contributed by atoms with Gasteiger partial charge in [0.1, 0.15) is 5.75 Å². The third-order valence-corrected chi connectivity index (χ3v) is 3.83. The van der Waals surface area contributed by atoms with E-state index in [1.54, 1.807) is 12.1 Å². The van der Waals surface area contributed by atoms with Gasteiger partial charge in [-0.15, -0.1) is 0 Å². The topological polar surface area (TPSA) is 74.1 Å². The first-order valence-corrected chi connectivity index (χ1v) is 7.35. The zero-order valence-corrected chi connectivity index (χ0v) is 13.0. The molecule has 122 valence electrons. The van der Waals surface area contributed by atoms with E-state index in [0.29, 0.717) is 17.7 Å². The maximum atomic E-state index is 11.4.